The lowest BCUT2D eigenvalue weighted by molar-refractivity contribution is 0.0470. The Morgan fingerprint density at radius 1 is 1.10 bits per heavy atom. The van der Waals surface area contributed by atoms with Crippen molar-refractivity contribution in [3.63, 3.8) is 0 Å². The molecule has 102 valence electrons. The van der Waals surface area contributed by atoms with Gasteiger partial charge in [-0.1, -0.05) is 18.2 Å². The van der Waals surface area contributed by atoms with Crippen molar-refractivity contribution in [3.05, 3.63) is 65.2 Å². The first-order valence-corrected chi connectivity index (χ1v) is 5.92. The van der Waals surface area contributed by atoms with Gasteiger partial charge in [-0.05, 0) is 30.3 Å². The second-order valence-corrected chi connectivity index (χ2v) is 4.15. The molecule has 1 amide bonds. The van der Waals surface area contributed by atoms with Crippen molar-refractivity contribution in [2.75, 3.05) is 0 Å². The topological polar surface area (TPSA) is 89.6 Å². The molecule has 2 rings (SSSR count). The highest BCUT2D eigenvalue weighted by atomic mass is 16.5. The van der Waals surface area contributed by atoms with Crippen LogP contribution in [0.1, 0.15) is 26.3 Å². The van der Waals surface area contributed by atoms with Crippen molar-refractivity contribution < 1.29 is 19.4 Å². The van der Waals surface area contributed by atoms with Crippen LogP contribution in [0.25, 0.3) is 0 Å². The molecule has 0 fully saturated rings. The van der Waals surface area contributed by atoms with E-state index in [0.717, 1.165) is 0 Å². The standard InChI is InChI=1S/C15H13NO4/c16-14(18)13-7-6-12(17)8-11(13)9-20-15(19)10-4-2-1-3-5-10/h1-8,17H,9H2,(H2,16,18). The van der Waals surface area contributed by atoms with Crippen molar-refractivity contribution in [2.24, 2.45) is 5.73 Å². The summed E-state index contributed by atoms with van der Waals surface area (Å²) in [5.74, 6) is -1.18. The molecule has 5 heteroatoms. The van der Waals surface area contributed by atoms with Gasteiger partial charge < -0.3 is 15.6 Å². The number of nitrogens with two attached hydrogens (primary N) is 1. The zero-order chi connectivity index (χ0) is 14.5. The Hall–Kier alpha value is -2.82. The van der Waals surface area contributed by atoms with E-state index in [1.54, 1.807) is 30.3 Å². The third-order valence-corrected chi connectivity index (χ3v) is 2.72. The minimum atomic E-state index is -0.643. The number of hydrogen-bond donors (Lipinski definition) is 2. The van der Waals surface area contributed by atoms with Gasteiger partial charge in [-0.15, -0.1) is 0 Å². The van der Waals surface area contributed by atoms with E-state index >= 15 is 0 Å². The molecule has 0 spiro atoms. The van der Waals surface area contributed by atoms with Gasteiger partial charge in [-0.2, -0.15) is 0 Å². The summed E-state index contributed by atoms with van der Waals surface area (Å²) in [6.07, 6.45) is 0. The van der Waals surface area contributed by atoms with E-state index in [0.29, 0.717) is 11.1 Å². The van der Waals surface area contributed by atoms with E-state index in [1.165, 1.54) is 18.2 Å². The minimum absolute atomic E-state index is 0.0271. The Balaban J connectivity index is 2.13. The van der Waals surface area contributed by atoms with E-state index in [-0.39, 0.29) is 17.9 Å². The van der Waals surface area contributed by atoms with Gasteiger partial charge in [0.2, 0.25) is 5.91 Å². The molecule has 0 unspecified atom stereocenters. The number of benzene rings is 2. The molecule has 0 saturated carbocycles. The van der Waals surface area contributed by atoms with Crippen LogP contribution in [-0.2, 0) is 11.3 Å². The van der Waals surface area contributed by atoms with Gasteiger partial charge in [0.1, 0.15) is 12.4 Å². The van der Waals surface area contributed by atoms with Crippen molar-refractivity contribution in [2.45, 2.75) is 6.61 Å². The maximum atomic E-state index is 11.8. The number of carbonyl (C=O) groups excluding carboxylic acids is 2. The lowest BCUT2D eigenvalue weighted by atomic mass is 10.1. The second-order valence-electron chi connectivity index (χ2n) is 4.15. The predicted molar refractivity (Wildman–Crippen MR) is 72.2 cm³/mol. The summed E-state index contributed by atoms with van der Waals surface area (Å²) in [6.45, 7) is -0.138. The average Bonchev–Trinajstić information content (AvgIpc) is 2.45. The van der Waals surface area contributed by atoms with Crippen LogP contribution in [0.2, 0.25) is 0 Å². The van der Waals surface area contributed by atoms with Crippen LogP contribution in [0.4, 0.5) is 0 Å². The van der Waals surface area contributed by atoms with E-state index in [9.17, 15) is 14.7 Å². The fourth-order valence-corrected chi connectivity index (χ4v) is 1.74. The zero-order valence-corrected chi connectivity index (χ0v) is 10.6. The van der Waals surface area contributed by atoms with E-state index < -0.39 is 11.9 Å². The van der Waals surface area contributed by atoms with Crippen LogP contribution in [-0.4, -0.2) is 17.0 Å². The van der Waals surface area contributed by atoms with Crippen LogP contribution >= 0.6 is 0 Å². The number of ether oxygens (including phenoxy) is 1. The maximum Gasteiger partial charge on any atom is 0.338 e. The minimum Gasteiger partial charge on any atom is -0.508 e. The normalized spacial score (nSPS) is 10.0. The Bertz CT molecular complexity index is 638. The summed E-state index contributed by atoms with van der Waals surface area (Å²) in [6, 6.07) is 12.6. The number of aromatic hydroxyl groups is 1. The monoisotopic (exact) mass is 271 g/mol. The Morgan fingerprint density at radius 3 is 2.45 bits per heavy atom. The smallest absolute Gasteiger partial charge is 0.338 e. The summed E-state index contributed by atoms with van der Waals surface area (Å²) in [5, 5.41) is 9.41. The SMILES string of the molecule is NC(=O)c1ccc(O)cc1COC(=O)c1ccccc1. The van der Waals surface area contributed by atoms with Gasteiger partial charge in [0.25, 0.3) is 0 Å². The van der Waals surface area contributed by atoms with Crippen LogP contribution in [0.3, 0.4) is 0 Å². The van der Waals surface area contributed by atoms with Crippen LogP contribution in [0.5, 0.6) is 5.75 Å². The number of rotatable bonds is 4. The molecular weight excluding hydrogens is 258 g/mol. The van der Waals surface area contributed by atoms with Crippen molar-refractivity contribution in [3.8, 4) is 5.75 Å². The highest BCUT2D eigenvalue weighted by molar-refractivity contribution is 5.94. The predicted octanol–water partition coefficient (Wildman–Crippen LogP) is 1.85. The number of amides is 1. The number of esters is 1. The summed E-state index contributed by atoms with van der Waals surface area (Å²) in [7, 11) is 0. The zero-order valence-electron chi connectivity index (χ0n) is 10.6. The number of hydrogen-bond acceptors (Lipinski definition) is 4. The van der Waals surface area contributed by atoms with Gasteiger partial charge in [-0.25, -0.2) is 4.79 Å². The largest absolute Gasteiger partial charge is 0.508 e. The number of phenols is 1. The second kappa shape index (κ2) is 5.88. The van der Waals surface area contributed by atoms with Crippen LogP contribution < -0.4 is 5.73 Å². The summed E-state index contributed by atoms with van der Waals surface area (Å²) >= 11 is 0. The Morgan fingerprint density at radius 2 is 1.80 bits per heavy atom. The van der Waals surface area contributed by atoms with Crippen LogP contribution in [0, 0.1) is 0 Å². The molecule has 0 saturated heterocycles. The fourth-order valence-electron chi connectivity index (χ4n) is 1.74. The Labute approximate surface area is 115 Å². The number of primary amides is 1. The highest BCUT2D eigenvalue weighted by Crippen LogP contribution is 2.18. The Kier molecular flexibility index (Phi) is 4.00. The molecule has 5 nitrogen and oxygen atoms in total. The first-order valence-electron chi connectivity index (χ1n) is 5.92. The molecule has 0 aliphatic heterocycles. The lowest BCUT2D eigenvalue weighted by Crippen LogP contribution is -2.15. The lowest BCUT2D eigenvalue weighted by Gasteiger charge is -2.08. The maximum absolute atomic E-state index is 11.8. The first kappa shape index (κ1) is 13.6. The highest BCUT2D eigenvalue weighted by Gasteiger charge is 2.12. The third-order valence-electron chi connectivity index (χ3n) is 2.72. The molecule has 2 aromatic rings. The van der Waals surface area contributed by atoms with Crippen molar-refractivity contribution in [1.29, 1.82) is 0 Å². The molecule has 0 heterocycles. The third kappa shape index (κ3) is 3.14. The molecule has 0 bridgehead atoms. The van der Waals surface area contributed by atoms with E-state index in [2.05, 4.69) is 0 Å². The van der Waals surface area contributed by atoms with Gasteiger partial charge in [0.15, 0.2) is 0 Å². The summed E-state index contributed by atoms with van der Waals surface area (Å²) < 4.78 is 5.10. The van der Waals surface area contributed by atoms with E-state index in [4.69, 9.17) is 10.5 Å². The van der Waals surface area contributed by atoms with Gasteiger partial charge in [0.05, 0.1) is 5.56 Å². The molecule has 20 heavy (non-hydrogen) atoms. The average molecular weight is 271 g/mol. The summed E-state index contributed by atoms with van der Waals surface area (Å²) in [4.78, 5) is 23.0. The summed E-state index contributed by atoms with van der Waals surface area (Å²) in [5.41, 5.74) is 6.21. The molecule has 0 aromatic heterocycles. The first-order chi connectivity index (χ1) is 9.58. The molecule has 3 N–H and O–H groups in total. The van der Waals surface area contributed by atoms with E-state index in [1.807, 2.05) is 0 Å². The quantitative estimate of drug-likeness (QED) is 0.830. The van der Waals surface area contributed by atoms with Crippen molar-refractivity contribution >= 4 is 11.9 Å². The molecule has 0 radical (unpaired) electrons. The molecule has 0 aliphatic carbocycles. The molecule has 0 aliphatic rings. The van der Waals surface area contributed by atoms with Gasteiger partial charge in [0, 0.05) is 11.1 Å². The van der Waals surface area contributed by atoms with Crippen molar-refractivity contribution in [1.82, 2.24) is 0 Å². The number of phenolic OH excluding ortho intramolecular Hbond substituents is 1. The fraction of sp³-hybridized carbons (Fsp3) is 0.0667. The van der Waals surface area contributed by atoms with Gasteiger partial charge in [-0.3, -0.25) is 4.79 Å². The van der Waals surface area contributed by atoms with Gasteiger partial charge >= 0.3 is 5.97 Å². The molecular formula is C15H13NO4. The molecule has 0 atom stereocenters. The van der Waals surface area contributed by atoms with Crippen LogP contribution in [0.15, 0.2) is 48.5 Å². The number of carbonyl (C=O) groups is 2. The molecule has 2 aromatic carbocycles.